The first-order valence-corrected chi connectivity index (χ1v) is 6.83. The number of aromatic carboxylic acids is 1. The summed E-state index contributed by atoms with van der Waals surface area (Å²) in [5, 5.41) is 13.5. The van der Waals surface area contributed by atoms with E-state index in [4.69, 9.17) is 9.52 Å². The van der Waals surface area contributed by atoms with Crippen LogP contribution in [0, 0.1) is 0 Å². The molecule has 2 heterocycles. The van der Waals surface area contributed by atoms with Gasteiger partial charge in [-0.25, -0.2) is 9.78 Å². The van der Waals surface area contributed by atoms with Crippen molar-refractivity contribution in [2.45, 2.75) is 26.8 Å². The molecule has 0 bridgehead atoms. The Morgan fingerprint density at radius 1 is 1.33 bits per heavy atom. The summed E-state index contributed by atoms with van der Waals surface area (Å²) in [6.45, 7) is 4.76. The topological polar surface area (TPSA) is 81.1 Å². The average molecular weight is 285 g/mol. The van der Waals surface area contributed by atoms with E-state index in [1.54, 1.807) is 6.07 Å². The summed E-state index contributed by atoms with van der Waals surface area (Å²) in [5.74, 6) is -0.519. The van der Waals surface area contributed by atoms with Crippen molar-refractivity contribution < 1.29 is 14.3 Å². The van der Waals surface area contributed by atoms with Crippen molar-refractivity contribution in [3.05, 3.63) is 35.5 Å². The second kappa shape index (κ2) is 5.05. The zero-order valence-electron chi connectivity index (χ0n) is 11.8. The van der Waals surface area contributed by atoms with Crippen molar-refractivity contribution in [1.82, 2.24) is 14.8 Å². The number of benzene rings is 1. The fraction of sp³-hybridized carbons (Fsp3) is 0.267. The molecule has 0 radical (unpaired) electrons. The third-order valence-corrected chi connectivity index (χ3v) is 3.35. The Balaban J connectivity index is 2.12. The summed E-state index contributed by atoms with van der Waals surface area (Å²) in [4.78, 5) is 15.4. The van der Waals surface area contributed by atoms with Gasteiger partial charge >= 0.3 is 5.97 Å². The minimum absolute atomic E-state index is 0.195. The first-order valence-electron chi connectivity index (χ1n) is 6.83. The number of hydrogen-bond donors (Lipinski definition) is 1. The minimum Gasteiger partial charge on any atom is -0.478 e. The highest BCUT2D eigenvalue weighted by atomic mass is 16.4. The van der Waals surface area contributed by atoms with E-state index in [9.17, 15) is 4.79 Å². The minimum atomic E-state index is -0.978. The van der Waals surface area contributed by atoms with Gasteiger partial charge in [-0.05, 0) is 37.6 Å². The van der Waals surface area contributed by atoms with E-state index in [-0.39, 0.29) is 5.56 Å². The molecular formula is C15H15N3O3. The Morgan fingerprint density at radius 3 is 2.81 bits per heavy atom. The van der Waals surface area contributed by atoms with Crippen molar-refractivity contribution in [1.29, 1.82) is 0 Å². The number of aromatic nitrogens is 3. The molecule has 0 aliphatic rings. The lowest BCUT2D eigenvalue weighted by Crippen LogP contribution is -1.99. The summed E-state index contributed by atoms with van der Waals surface area (Å²) in [7, 11) is 0. The molecule has 1 aromatic carbocycles. The first kappa shape index (κ1) is 13.4. The second-order valence-electron chi connectivity index (χ2n) is 4.70. The lowest BCUT2D eigenvalue weighted by Gasteiger charge is -1.98. The zero-order valence-corrected chi connectivity index (χ0v) is 11.8. The van der Waals surface area contributed by atoms with Gasteiger partial charge in [0.1, 0.15) is 11.2 Å². The Morgan fingerprint density at radius 2 is 2.14 bits per heavy atom. The van der Waals surface area contributed by atoms with Crippen LogP contribution < -0.4 is 0 Å². The highest BCUT2D eigenvalue weighted by Gasteiger charge is 2.15. The predicted molar refractivity (Wildman–Crippen MR) is 77.2 cm³/mol. The predicted octanol–water partition coefficient (Wildman–Crippen LogP) is 2.97. The number of carboxylic acid groups (broad SMARTS) is 1. The van der Waals surface area contributed by atoms with Crippen LogP contribution in [0.15, 0.2) is 28.7 Å². The number of fused-ring (bicyclic) bond motifs is 1. The van der Waals surface area contributed by atoms with Crippen LogP contribution in [-0.2, 0) is 13.0 Å². The summed E-state index contributed by atoms with van der Waals surface area (Å²) in [5.41, 5.74) is 3.08. The lowest BCUT2D eigenvalue weighted by molar-refractivity contribution is 0.0697. The van der Waals surface area contributed by atoms with Gasteiger partial charge in [-0.15, -0.1) is 0 Å². The normalized spacial score (nSPS) is 11.1. The molecule has 0 aliphatic carbocycles. The first-order chi connectivity index (χ1) is 10.1. The molecule has 2 aromatic heterocycles. The SMILES string of the molecule is CCc1cc(-c2nc3cc(C(=O)O)ccc3o2)n(CC)n1. The van der Waals surface area contributed by atoms with Crippen molar-refractivity contribution >= 4 is 17.1 Å². The Hall–Kier alpha value is -2.63. The van der Waals surface area contributed by atoms with Crippen molar-refractivity contribution in [3.63, 3.8) is 0 Å². The second-order valence-corrected chi connectivity index (χ2v) is 4.70. The number of carboxylic acids is 1. The molecule has 0 aliphatic heterocycles. The van der Waals surface area contributed by atoms with Gasteiger partial charge in [-0.1, -0.05) is 6.92 Å². The molecule has 0 amide bonds. The van der Waals surface area contributed by atoms with E-state index in [0.717, 1.165) is 17.8 Å². The monoisotopic (exact) mass is 285 g/mol. The number of carbonyl (C=O) groups is 1. The average Bonchev–Trinajstić information content (AvgIpc) is 3.09. The van der Waals surface area contributed by atoms with Crippen LogP contribution in [-0.4, -0.2) is 25.8 Å². The van der Waals surface area contributed by atoms with Crippen LogP contribution in [0.25, 0.3) is 22.7 Å². The molecule has 0 atom stereocenters. The molecule has 3 aromatic rings. The molecule has 0 fully saturated rings. The molecular weight excluding hydrogens is 270 g/mol. The van der Waals surface area contributed by atoms with Crippen molar-refractivity contribution in [3.8, 4) is 11.6 Å². The molecule has 6 heteroatoms. The van der Waals surface area contributed by atoms with Crippen LogP contribution in [0.1, 0.15) is 29.9 Å². The fourth-order valence-electron chi connectivity index (χ4n) is 2.23. The number of rotatable bonds is 4. The van der Waals surface area contributed by atoms with Crippen molar-refractivity contribution in [2.75, 3.05) is 0 Å². The highest BCUT2D eigenvalue weighted by Crippen LogP contribution is 2.26. The number of hydrogen-bond acceptors (Lipinski definition) is 4. The fourth-order valence-corrected chi connectivity index (χ4v) is 2.23. The molecule has 1 N–H and O–H groups in total. The van der Waals surface area contributed by atoms with E-state index in [1.165, 1.54) is 12.1 Å². The maximum Gasteiger partial charge on any atom is 0.335 e. The Bertz CT molecular complexity index is 817. The van der Waals surface area contributed by atoms with Gasteiger partial charge in [0.05, 0.1) is 11.3 Å². The number of nitrogens with zero attached hydrogens (tertiary/aromatic N) is 3. The lowest BCUT2D eigenvalue weighted by atomic mass is 10.2. The van der Waals surface area contributed by atoms with Gasteiger partial charge < -0.3 is 9.52 Å². The molecule has 0 unspecified atom stereocenters. The highest BCUT2D eigenvalue weighted by molar-refractivity contribution is 5.92. The summed E-state index contributed by atoms with van der Waals surface area (Å²) in [6.07, 6.45) is 0.837. The van der Waals surface area contributed by atoms with Crippen LogP contribution in [0.4, 0.5) is 0 Å². The van der Waals surface area contributed by atoms with E-state index in [1.807, 2.05) is 24.6 Å². The Labute approximate surface area is 121 Å². The summed E-state index contributed by atoms with van der Waals surface area (Å²) in [6, 6.07) is 6.60. The molecule has 21 heavy (non-hydrogen) atoms. The molecule has 0 saturated heterocycles. The van der Waals surface area contributed by atoms with E-state index in [0.29, 0.717) is 23.5 Å². The van der Waals surface area contributed by atoms with Crippen LogP contribution >= 0.6 is 0 Å². The van der Waals surface area contributed by atoms with Gasteiger partial charge in [0, 0.05) is 6.54 Å². The molecule has 3 rings (SSSR count). The number of aryl methyl sites for hydroxylation is 2. The quantitative estimate of drug-likeness (QED) is 0.797. The van der Waals surface area contributed by atoms with Crippen LogP contribution in [0.2, 0.25) is 0 Å². The van der Waals surface area contributed by atoms with Crippen LogP contribution in [0.5, 0.6) is 0 Å². The molecule has 6 nitrogen and oxygen atoms in total. The van der Waals surface area contributed by atoms with E-state index < -0.39 is 5.97 Å². The third kappa shape index (κ3) is 2.29. The molecule has 0 saturated carbocycles. The Kier molecular flexibility index (Phi) is 3.21. The molecule has 0 spiro atoms. The van der Waals surface area contributed by atoms with Gasteiger partial charge in [0.15, 0.2) is 5.58 Å². The standard InChI is InChI=1S/C15H15N3O3/c1-3-10-8-12(18(4-2)17-10)14-16-11-7-9(15(19)20)5-6-13(11)21-14/h5-8H,3-4H2,1-2H3,(H,19,20). The smallest absolute Gasteiger partial charge is 0.335 e. The van der Waals surface area contributed by atoms with Crippen molar-refractivity contribution in [2.24, 2.45) is 0 Å². The maximum absolute atomic E-state index is 11.0. The van der Waals surface area contributed by atoms with Gasteiger partial charge in [-0.2, -0.15) is 5.10 Å². The van der Waals surface area contributed by atoms with E-state index >= 15 is 0 Å². The summed E-state index contributed by atoms with van der Waals surface area (Å²) >= 11 is 0. The molecule has 108 valence electrons. The zero-order chi connectivity index (χ0) is 15.0. The third-order valence-electron chi connectivity index (χ3n) is 3.35. The van der Waals surface area contributed by atoms with E-state index in [2.05, 4.69) is 10.1 Å². The van der Waals surface area contributed by atoms with Gasteiger partial charge in [0.25, 0.3) is 0 Å². The number of oxazole rings is 1. The summed E-state index contributed by atoms with van der Waals surface area (Å²) < 4.78 is 7.56. The maximum atomic E-state index is 11.0. The largest absolute Gasteiger partial charge is 0.478 e. The van der Waals surface area contributed by atoms with Gasteiger partial charge in [-0.3, -0.25) is 4.68 Å². The van der Waals surface area contributed by atoms with Crippen LogP contribution in [0.3, 0.4) is 0 Å². The van der Waals surface area contributed by atoms with Gasteiger partial charge in [0.2, 0.25) is 5.89 Å².